The summed E-state index contributed by atoms with van der Waals surface area (Å²) >= 11 is 0. The van der Waals surface area contributed by atoms with E-state index < -0.39 is 35.8 Å². The molecule has 25 heavy (non-hydrogen) atoms. The maximum atomic E-state index is 12.8. The molecule has 1 atom stereocenters. The van der Waals surface area contributed by atoms with E-state index in [1.807, 2.05) is 0 Å². The number of carbonyl (C=O) groups is 3. The van der Waals surface area contributed by atoms with Crippen molar-refractivity contribution in [2.45, 2.75) is 25.1 Å². The topological polar surface area (TPSA) is 130 Å². The van der Waals surface area contributed by atoms with E-state index in [0.29, 0.717) is 0 Å². The molecule has 1 fully saturated rings. The van der Waals surface area contributed by atoms with Crippen LogP contribution < -0.4 is 16.4 Å². The van der Waals surface area contributed by atoms with Gasteiger partial charge in [-0.05, 0) is 18.6 Å². The summed E-state index contributed by atoms with van der Waals surface area (Å²) in [5.41, 5.74) is 5.09. The number of imidazole rings is 1. The Balaban J connectivity index is 1.94. The number of alkyl halides is 3. The third-order valence-corrected chi connectivity index (χ3v) is 3.73. The van der Waals surface area contributed by atoms with Crippen LogP contribution in [0.3, 0.4) is 0 Å². The summed E-state index contributed by atoms with van der Waals surface area (Å²) in [7, 11) is 0. The monoisotopic (exact) mass is 355 g/mol. The molecule has 0 aliphatic carbocycles. The average Bonchev–Trinajstić information content (AvgIpc) is 2.96. The normalized spacial score (nSPS) is 18.3. The number of piperidine rings is 1. The molecule has 1 aromatic heterocycles. The van der Waals surface area contributed by atoms with Gasteiger partial charge in [-0.3, -0.25) is 19.7 Å². The third kappa shape index (κ3) is 3.12. The fraction of sp³-hybridized carbons (Fsp3) is 0.286. The van der Waals surface area contributed by atoms with E-state index in [-0.39, 0.29) is 35.1 Å². The van der Waals surface area contributed by atoms with Crippen LogP contribution in [0, 0.1) is 0 Å². The number of nitrogen functional groups attached to an aromatic ring is 1. The number of nitrogens with two attached hydrogens (primary N) is 1. The molecule has 1 aliphatic rings. The largest absolute Gasteiger partial charge is 0.449 e. The van der Waals surface area contributed by atoms with E-state index in [1.165, 1.54) is 12.1 Å². The van der Waals surface area contributed by atoms with Crippen LogP contribution in [0.1, 0.15) is 29.0 Å². The number of hydrogen-bond acceptors (Lipinski definition) is 5. The quantitative estimate of drug-likeness (QED) is 0.465. The number of halogens is 3. The number of rotatable bonds is 2. The lowest BCUT2D eigenvalue weighted by Gasteiger charge is -2.21. The second-order valence-corrected chi connectivity index (χ2v) is 5.49. The van der Waals surface area contributed by atoms with Crippen molar-refractivity contribution in [2.75, 3.05) is 5.73 Å². The first kappa shape index (κ1) is 16.7. The Morgan fingerprint density at radius 1 is 1.32 bits per heavy atom. The fourth-order valence-electron chi connectivity index (χ4n) is 2.50. The Labute approximate surface area is 138 Å². The van der Waals surface area contributed by atoms with Crippen LogP contribution in [0.25, 0.3) is 11.0 Å². The zero-order valence-corrected chi connectivity index (χ0v) is 12.5. The zero-order chi connectivity index (χ0) is 18.4. The van der Waals surface area contributed by atoms with Gasteiger partial charge in [0.05, 0.1) is 16.8 Å². The van der Waals surface area contributed by atoms with E-state index >= 15 is 0 Å². The lowest BCUT2D eigenvalue weighted by Crippen LogP contribution is -2.52. The summed E-state index contributed by atoms with van der Waals surface area (Å²) < 4.78 is 38.5. The predicted octanol–water partition coefficient (Wildman–Crippen LogP) is 0.699. The number of nitrogens with one attached hydrogen (secondary N) is 3. The number of hydrogen-bond donors (Lipinski definition) is 4. The van der Waals surface area contributed by atoms with Gasteiger partial charge >= 0.3 is 6.18 Å². The summed E-state index contributed by atoms with van der Waals surface area (Å²) in [4.78, 5) is 40.6. The predicted molar refractivity (Wildman–Crippen MR) is 79.1 cm³/mol. The molecule has 1 saturated heterocycles. The van der Waals surface area contributed by atoms with Crippen molar-refractivity contribution in [3.63, 3.8) is 0 Å². The van der Waals surface area contributed by atoms with Crippen LogP contribution in [0.5, 0.6) is 0 Å². The number of fused-ring (bicyclic) bond motifs is 1. The molecule has 0 saturated carbocycles. The first-order valence-electron chi connectivity index (χ1n) is 7.17. The van der Waals surface area contributed by atoms with Crippen LogP contribution >= 0.6 is 0 Å². The average molecular weight is 355 g/mol. The molecule has 1 unspecified atom stereocenters. The smallest absolute Gasteiger partial charge is 0.397 e. The van der Waals surface area contributed by atoms with Gasteiger partial charge in [0.2, 0.25) is 17.6 Å². The molecule has 1 aliphatic heterocycles. The highest BCUT2D eigenvalue weighted by Gasteiger charge is 2.36. The highest BCUT2D eigenvalue weighted by atomic mass is 19.4. The summed E-state index contributed by atoms with van der Waals surface area (Å²) in [6.07, 6.45) is -4.58. The molecule has 3 rings (SSSR count). The van der Waals surface area contributed by atoms with Crippen molar-refractivity contribution >= 4 is 34.4 Å². The second kappa shape index (κ2) is 5.76. The summed E-state index contributed by atoms with van der Waals surface area (Å²) in [6, 6.07) is 1.53. The Kier molecular flexibility index (Phi) is 3.85. The standard InChI is InChI=1S/C14H12F3N5O3/c15-14(16,17)13-21-9-5(1-2-6(18)10(9)22-13)11(24)19-7-3-4-8(23)20-12(7)25/h1-2,7H,3-4,18H2,(H,19,24)(H,21,22)(H,20,23,25). The van der Waals surface area contributed by atoms with E-state index in [0.717, 1.165) is 0 Å². The van der Waals surface area contributed by atoms with Crippen LogP contribution in [0.2, 0.25) is 0 Å². The lowest BCUT2D eigenvalue weighted by molar-refractivity contribution is -0.144. The molecular formula is C14H12F3N5O3. The fourth-order valence-corrected chi connectivity index (χ4v) is 2.50. The molecule has 11 heteroatoms. The Morgan fingerprint density at radius 2 is 2.04 bits per heavy atom. The molecule has 0 radical (unpaired) electrons. The van der Waals surface area contributed by atoms with E-state index in [2.05, 4.69) is 20.6 Å². The van der Waals surface area contributed by atoms with Crippen LogP contribution in [0.4, 0.5) is 18.9 Å². The minimum atomic E-state index is -4.73. The summed E-state index contributed by atoms with van der Waals surface area (Å²) in [5.74, 6) is -3.20. The van der Waals surface area contributed by atoms with Crippen LogP contribution in [0.15, 0.2) is 12.1 Å². The number of aromatic amines is 1. The first-order valence-corrected chi connectivity index (χ1v) is 7.17. The number of imide groups is 1. The molecular weight excluding hydrogens is 343 g/mol. The third-order valence-electron chi connectivity index (χ3n) is 3.73. The minimum absolute atomic E-state index is 0.00411. The maximum absolute atomic E-state index is 12.8. The number of anilines is 1. The van der Waals surface area contributed by atoms with Gasteiger partial charge in [0.1, 0.15) is 11.6 Å². The molecule has 2 heterocycles. The number of benzene rings is 1. The van der Waals surface area contributed by atoms with Crippen LogP contribution in [-0.2, 0) is 15.8 Å². The van der Waals surface area contributed by atoms with Gasteiger partial charge in [-0.25, -0.2) is 4.98 Å². The molecule has 3 amide bonds. The summed E-state index contributed by atoms with van der Waals surface area (Å²) in [5, 5.41) is 4.46. The van der Waals surface area contributed by atoms with Crippen molar-refractivity contribution in [1.29, 1.82) is 0 Å². The first-order chi connectivity index (χ1) is 11.7. The summed E-state index contributed by atoms with van der Waals surface area (Å²) in [6.45, 7) is 0. The van der Waals surface area contributed by atoms with Crippen molar-refractivity contribution in [1.82, 2.24) is 20.6 Å². The van der Waals surface area contributed by atoms with Gasteiger partial charge in [0.15, 0.2) is 0 Å². The highest BCUT2D eigenvalue weighted by molar-refractivity contribution is 6.09. The number of aromatic nitrogens is 2. The second-order valence-electron chi connectivity index (χ2n) is 5.49. The van der Waals surface area contributed by atoms with Gasteiger partial charge in [-0.15, -0.1) is 0 Å². The Morgan fingerprint density at radius 3 is 2.68 bits per heavy atom. The number of amides is 3. The molecule has 5 N–H and O–H groups in total. The molecule has 2 aromatic rings. The molecule has 0 spiro atoms. The van der Waals surface area contributed by atoms with Gasteiger partial charge in [0, 0.05) is 6.42 Å². The van der Waals surface area contributed by atoms with Gasteiger partial charge in [-0.1, -0.05) is 0 Å². The Hall–Kier alpha value is -3.11. The zero-order valence-electron chi connectivity index (χ0n) is 12.5. The molecule has 8 nitrogen and oxygen atoms in total. The molecule has 0 bridgehead atoms. The van der Waals surface area contributed by atoms with Gasteiger partial charge in [-0.2, -0.15) is 13.2 Å². The maximum Gasteiger partial charge on any atom is 0.449 e. The minimum Gasteiger partial charge on any atom is -0.397 e. The molecule has 1 aromatic carbocycles. The van der Waals surface area contributed by atoms with Crippen molar-refractivity contribution in [2.24, 2.45) is 0 Å². The SMILES string of the molecule is Nc1ccc(C(=O)NC2CCC(=O)NC2=O)c2nc(C(F)(F)F)[nH]c12. The highest BCUT2D eigenvalue weighted by Crippen LogP contribution is 2.31. The number of nitrogens with zero attached hydrogens (tertiary/aromatic N) is 1. The van der Waals surface area contributed by atoms with Crippen molar-refractivity contribution in [3.8, 4) is 0 Å². The van der Waals surface area contributed by atoms with Crippen LogP contribution in [-0.4, -0.2) is 33.7 Å². The van der Waals surface area contributed by atoms with E-state index in [1.54, 1.807) is 0 Å². The number of H-pyrrole nitrogens is 1. The van der Waals surface area contributed by atoms with Crippen molar-refractivity contribution < 1.29 is 27.6 Å². The van der Waals surface area contributed by atoms with Crippen molar-refractivity contribution in [3.05, 3.63) is 23.5 Å². The Bertz CT molecular complexity index is 890. The lowest BCUT2D eigenvalue weighted by atomic mass is 10.0. The van der Waals surface area contributed by atoms with E-state index in [4.69, 9.17) is 5.73 Å². The van der Waals surface area contributed by atoms with E-state index in [9.17, 15) is 27.6 Å². The van der Waals surface area contributed by atoms with Gasteiger partial charge in [0.25, 0.3) is 5.91 Å². The molecule has 132 valence electrons. The number of carbonyl (C=O) groups excluding carboxylic acids is 3. The van der Waals surface area contributed by atoms with Gasteiger partial charge < -0.3 is 16.0 Å².